The van der Waals surface area contributed by atoms with Crippen molar-refractivity contribution >= 4 is 33.3 Å². The SMILES string of the molecule is CC(C)(C)C(CN)Sc1nc2ccccc2s1. The van der Waals surface area contributed by atoms with Crippen molar-refractivity contribution in [3.8, 4) is 0 Å². The van der Waals surface area contributed by atoms with Gasteiger partial charge in [-0.2, -0.15) is 0 Å². The fraction of sp³-hybridized carbons (Fsp3) is 0.462. The van der Waals surface area contributed by atoms with Crippen molar-refractivity contribution in [3.05, 3.63) is 24.3 Å². The van der Waals surface area contributed by atoms with E-state index in [-0.39, 0.29) is 5.41 Å². The Kier molecular flexibility index (Phi) is 3.76. The Balaban J connectivity index is 2.23. The van der Waals surface area contributed by atoms with Crippen LogP contribution in [0.4, 0.5) is 0 Å². The topological polar surface area (TPSA) is 38.9 Å². The Morgan fingerprint density at radius 3 is 2.65 bits per heavy atom. The number of thiazole rings is 1. The van der Waals surface area contributed by atoms with Crippen molar-refractivity contribution < 1.29 is 0 Å². The molecule has 0 aliphatic carbocycles. The second-order valence-electron chi connectivity index (χ2n) is 5.16. The monoisotopic (exact) mass is 266 g/mol. The molecule has 0 radical (unpaired) electrons. The zero-order valence-corrected chi connectivity index (χ0v) is 12.1. The van der Waals surface area contributed by atoms with Gasteiger partial charge in [0.05, 0.1) is 10.2 Å². The highest BCUT2D eigenvalue weighted by molar-refractivity contribution is 8.01. The zero-order chi connectivity index (χ0) is 12.5. The second-order valence-corrected chi connectivity index (χ2v) is 7.64. The Morgan fingerprint density at radius 2 is 2.06 bits per heavy atom. The molecule has 4 heteroatoms. The molecule has 17 heavy (non-hydrogen) atoms. The standard InChI is InChI=1S/C13H18N2S2/c1-13(2,3)11(8-14)17-12-15-9-6-4-5-7-10(9)16-12/h4-7,11H,8,14H2,1-3H3. The lowest BCUT2D eigenvalue weighted by Crippen LogP contribution is -2.30. The molecule has 0 bridgehead atoms. The Bertz CT molecular complexity index is 466. The molecule has 0 aliphatic heterocycles. The summed E-state index contributed by atoms with van der Waals surface area (Å²) >= 11 is 3.56. The van der Waals surface area contributed by atoms with Crippen LogP contribution in [0.15, 0.2) is 28.6 Å². The largest absolute Gasteiger partial charge is 0.329 e. The zero-order valence-electron chi connectivity index (χ0n) is 10.4. The van der Waals surface area contributed by atoms with E-state index in [0.29, 0.717) is 11.8 Å². The highest BCUT2D eigenvalue weighted by atomic mass is 32.2. The fourth-order valence-corrected chi connectivity index (χ4v) is 3.95. The van der Waals surface area contributed by atoms with Crippen LogP contribution in [0.1, 0.15) is 20.8 Å². The molecule has 1 unspecified atom stereocenters. The number of thioether (sulfide) groups is 1. The van der Waals surface area contributed by atoms with Gasteiger partial charge in [0.15, 0.2) is 4.34 Å². The molecule has 1 aromatic carbocycles. The van der Waals surface area contributed by atoms with Gasteiger partial charge in [-0.25, -0.2) is 4.98 Å². The molecule has 2 nitrogen and oxygen atoms in total. The molecule has 1 aromatic heterocycles. The lowest BCUT2D eigenvalue weighted by atomic mass is 9.92. The van der Waals surface area contributed by atoms with E-state index in [1.165, 1.54) is 4.70 Å². The molecule has 0 amide bonds. The number of rotatable bonds is 3. The van der Waals surface area contributed by atoms with Gasteiger partial charge in [0.25, 0.3) is 0 Å². The van der Waals surface area contributed by atoms with Gasteiger partial charge >= 0.3 is 0 Å². The third-order valence-corrected chi connectivity index (χ3v) is 5.54. The minimum atomic E-state index is 0.206. The van der Waals surface area contributed by atoms with Crippen molar-refractivity contribution in [2.75, 3.05) is 6.54 Å². The average molecular weight is 266 g/mol. The maximum absolute atomic E-state index is 5.86. The fourth-order valence-electron chi connectivity index (χ4n) is 1.60. The summed E-state index contributed by atoms with van der Waals surface area (Å²) in [5.74, 6) is 0. The van der Waals surface area contributed by atoms with E-state index in [2.05, 4.69) is 44.0 Å². The van der Waals surface area contributed by atoms with Gasteiger partial charge < -0.3 is 5.73 Å². The first-order chi connectivity index (χ1) is 8.00. The molecule has 0 spiro atoms. The predicted molar refractivity (Wildman–Crippen MR) is 77.8 cm³/mol. The minimum Gasteiger partial charge on any atom is -0.329 e. The van der Waals surface area contributed by atoms with Crippen LogP contribution in [0.2, 0.25) is 0 Å². The Morgan fingerprint density at radius 1 is 1.35 bits per heavy atom. The first kappa shape index (κ1) is 12.9. The molecular weight excluding hydrogens is 248 g/mol. The minimum absolute atomic E-state index is 0.206. The van der Waals surface area contributed by atoms with Crippen molar-refractivity contribution in [2.45, 2.75) is 30.4 Å². The van der Waals surface area contributed by atoms with Crippen molar-refractivity contribution in [3.63, 3.8) is 0 Å². The summed E-state index contributed by atoms with van der Waals surface area (Å²) in [7, 11) is 0. The lowest BCUT2D eigenvalue weighted by Gasteiger charge is -2.27. The van der Waals surface area contributed by atoms with Gasteiger partial charge in [-0.15, -0.1) is 11.3 Å². The van der Waals surface area contributed by atoms with Gasteiger partial charge in [0.1, 0.15) is 0 Å². The molecule has 2 N–H and O–H groups in total. The number of para-hydroxylation sites is 1. The number of benzene rings is 1. The Labute approximate surface area is 111 Å². The Hall–Kier alpha value is -0.580. The number of hydrogen-bond acceptors (Lipinski definition) is 4. The van der Waals surface area contributed by atoms with Crippen molar-refractivity contribution in [1.29, 1.82) is 0 Å². The number of nitrogens with zero attached hydrogens (tertiary/aromatic N) is 1. The quantitative estimate of drug-likeness (QED) is 0.860. The molecule has 0 saturated heterocycles. The highest BCUT2D eigenvalue weighted by Crippen LogP contribution is 2.38. The summed E-state index contributed by atoms with van der Waals surface area (Å²) in [6, 6.07) is 8.26. The van der Waals surface area contributed by atoms with Crippen LogP contribution in [-0.4, -0.2) is 16.8 Å². The van der Waals surface area contributed by atoms with Crippen LogP contribution < -0.4 is 5.73 Å². The second kappa shape index (κ2) is 4.96. The van der Waals surface area contributed by atoms with E-state index in [4.69, 9.17) is 5.73 Å². The third-order valence-electron chi connectivity index (χ3n) is 2.70. The third kappa shape index (κ3) is 3.00. The highest BCUT2D eigenvalue weighted by Gasteiger charge is 2.25. The number of aromatic nitrogens is 1. The van der Waals surface area contributed by atoms with E-state index >= 15 is 0 Å². The van der Waals surface area contributed by atoms with Gasteiger partial charge in [0.2, 0.25) is 0 Å². The average Bonchev–Trinajstić information content (AvgIpc) is 2.66. The summed E-state index contributed by atoms with van der Waals surface area (Å²) in [5.41, 5.74) is 7.15. The number of hydrogen-bond donors (Lipinski definition) is 1. The molecule has 2 aromatic rings. The van der Waals surface area contributed by atoms with E-state index in [1.807, 2.05) is 6.07 Å². The lowest BCUT2D eigenvalue weighted by molar-refractivity contribution is 0.398. The molecule has 1 heterocycles. The van der Waals surface area contributed by atoms with E-state index in [1.54, 1.807) is 23.1 Å². The molecule has 92 valence electrons. The predicted octanol–water partition coefficient (Wildman–Crippen LogP) is 3.76. The van der Waals surface area contributed by atoms with E-state index < -0.39 is 0 Å². The van der Waals surface area contributed by atoms with Crippen LogP contribution >= 0.6 is 23.1 Å². The maximum Gasteiger partial charge on any atom is 0.151 e. The summed E-state index contributed by atoms with van der Waals surface area (Å²) in [6.07, 6.45) is 0. The van der Waals surface area contributed by atoms with Gasteiger partial charge in [0, 0.05) is 11.8 Å². The maximum atomic E-state index is 5.86. The first-order valence-electron chi connectivity index (χ1n) is 5.73. The van der Waals surface area contributed by atoms with E-state index in [0.717, 1.165) is 9.86 Å². The summed E-state index contributed by atoms with van der Waals surface area (Å²) in [6.45, 7) is 7.37. The summed E-state index contributed by atoms with van der Waals surface area (Å²) < 4.78 is 2.37. The smallest absolute Gasteiger partial charge is 0.151 e. The molecular formula is C13H18N2S2. The van der Waals surface area contributed by atoms with Crippen molar-refractivity contribution in [1.82, 2.24) is 4.98 Å². The number of nitrogens with two attached hydrogens (primary N) is 1. The van der Waals surface area contributed by atoms with Crippen LogP contribution in [0.3, 0.4) is 0 Å². The van der Waals surface area contributed by atoms with Crippen LogP contribution in [0.25, 0.3) is 10.2 Å². The van der Waals surface area contributed by atoms with Gasteiger partial charge in [-0.3, -0.25) is 0 Å². The summed E-state index contributed by atoms with van der Waals surface area (Å²) in [5, 5.41) is 0.406. The normalized spacial score (nSPS) is 14.1. The van der Waals surface area contributed by atoms with Crippen LogP contribution in [-0.2, 0) is 0 Å². The van der Waals surface area contributed by atoms with Gasteiger partial charge in [-0.1, -0.05) is 44.7 Å². The molecule has 0 saturated carbocycles. The van der Waals surface area contributed by atoms with Crippen molar-refractivity contribution in [2.24, 2.45) is 11.1 Å². The summed E-state index contributed by atoms with van der Waals surface area (Å²) in [4.78, 5) is 4.64. The molecule has 0 fully saturated rings. The van der Waals surface area contributed by atoms with Crippen LogP contribution in [0.5, 0.6) is 0 Å². The van der Waals surface area contributed by atoms with E-state index in [9.17, 15) is 0 Å². The van der Waals surface area contributed by atoms with Gasteiger partial charge in [-0.05, 0) is 17.5 Å². The molecule has 2 rings (SSSR count). The number of fused-ring (bicyclic) bond motifs is 1. The molecule has 1 atom stereocenters. The van der Waals surface area contributed by atoms with Crippen LogP contribution in [0, 0.1) is 5.41 Å². The molecule has 0 aliphatic rings. The first-order valence-corrected chi connectivity index (χ1v) is 7.42.